The van der Waals surface area contributed by atoms with Crippen molar-refractivity contribution in [1.29, 1.82) is 0 Å². The number of amides is 2. The third-order valence-corrected chi connectivity index (χ3v) is 5.29. The topological polar surface area (TPSA) is 111 Å². The normalized spacial score (nSPS) is 10.6. The summed E-state index contributed by atoms with van der Waals surface area (Å²) in [6.07, 6.45) is 1.40. The number of furan rings is 1. The molecule has 4 aromatic rings. The van der Waals surface area contributed by atoms with Crippen LogP contribution in [0.4, 0.5) is 10.8 Å². The van der Waals surface area contributed by atoms with Gasteiger partial charge in [0.25, 0.3) is 11.8 Å². The van der Waals surface area contributed by atoms with Gasteiger partial charge >= 0.3 is 5.97 Å². The molecule has 8 nitrogen and oxygen atoms in total. The van der Waals surface area contributed by atoms with Gasteiger partial charge in [-0.2, -0.15) is 0 Å². The molecule has 0 saturated carbocycles. The van der Waals surface area contributed by atoms with Crippen molar-refractivity contribution in [1.82, 2.24) is 4.98 Å². The van der Waals surface area contributed by atoms with E-state index in [9.17, 15) is 14.4 Å². The summed E-state index contributed by atoms with van der Waals surface area (Å²) in [5.74, 6) is -1.47. The quantitative estimate of drug-likeness (QED) is 0.438. The van der Waals surface area contributed by atoms with Gasteiger partial charge < -0.3 is 14.5 Å². The zero-order valence-corrected chi connectivity index (χ0v) is 17.2. The molecular formula is C22H17N3O5S. The summed E-state index contributed by atoms with van der Waals surface area (Å²) < 4.78 is 11.1. The maximum atomic E-state index is 12.4. The maximum absolute atomic E-state index is 12.4. The lowest BCUT2D eigenvalue weighted by molar-refractivity contribution is -0.119. The van der Waals surface area contributed by atoms with Crippen LogP contribution < -0.4 is 10.6 Å². The predicted molar refractivity (Wildman–Crippen MR) is 116 cm³/mol. The van der Waals surface area contributed by atoms with Gasteiger partial charge in [0, 0.05) is 5.69 Å². The molecule has 2 heterocycles. The standard InChI is InChI=1S/C22H17N3O5S/c1-13-8-9-14(11-16(13)23-20(27)17-6-4-10-29-17)21(28)30-12-19(26)25-22-24-15-5-2-3-7-18(15)31-22/h2-11H,12H2,1H3,(H,23,27)(H,24,25,26). The Morgan fingerprint density at radius 1 is 1.06 bits per heavy atom. The molecule has 0 unspecified atom stereocenters. The second-order valence-electron chi connectivity index (χ2n) is 6.57. The molecule has 9 heteroatoms. The molecule has 0 spiro atoms. The van der Waals surface area contributed by atoms with Crippen molar-refractivity contribution >= 4 is 50.2 Å². The van der Waals surface area contributed by atoms with Gasteiger partial charge in [-0.15, -0.1) is 0 Å². The molecule has 4 rings (SSSR count). The van der Waals surface area contributed by atoms with Gasteiger partial charge in [-0.25, -0.2) is 9.78 Å². The minimum atomic E-state index is -0.687. The third kappa shape index (κ3) is 4.78. The van der Waals surface area contributed by atoms with E-state index in [1.54, 1.807) is 25.1 Å². The van der Waals surface area contributed by atoms with Crippen LogP contribution in [0.25, 0.3) is 10.2 Å². The number of aromatic nitrogens is 1. The fourth-order valence-electron chi connectivity index (χ4n) is 2.77. The van der Waals surface area contributed by atoms with Gasteiger partial charge in [0.2, 0.25) is 0 Å². The highest BCUT2D eigenvalue weighted by molar-refractivity contribution is 7.22. The van der Waals surface area contributed by atoms with Crippen LogP contribution in [0, 0.1) is 6.92 Å². The Morgan fingerprint density at radius 3 is 2.68 bits per heavy atom. The molecule has 2 aromatic carbocycles. The molecule has 0 atom stereocenters. The maximum Gasteiger partial charge on any atom is 0.338 e. The van der Waals surface area contributed by atoms with Crippen LogP contribution in [0.5, 0.6) is 0 Å². The fraction of sp³-hybridized carbons (Fsp3) is 0.0909. The largest absolute Gasteiger partial charge is 0.459 e. The predicted octanol–water partition coefficient (Wildman–Crippen LogP) is 4.25. The Labute approximate surface area is 180 Å². The summed E-state index contributed by atoms with van der Waals surface area (Å²) in [5, 5.41) is 5.75. The van der Waals surface area contributed by atoms with E-state index in [4.69, 9.17) is 9.15 Å². The summed E-state index contributed by atoms with van der Waals surface area (Å²) >= 11 is 1.33. The minimum absolute atomic E-state index is 0.152. The number of benzene rings is 2. The number of para-hydroxylation sites is 1. The third-order valence-electron chi connectivity index (χ3n) is 4.34. The molecule has 2 amide bonds. The fourth-order valence-corrected chi connectivity index (χ4v) is 3.65. The lowest BCUT2D eigenvalue weighted by atomic mass is 10.1. The first-order valence-electron chi connectivity index (χ1n) is 9.27. The van der Waals surface area contributed by atoms with Crippen LogP contribution >= 0.6 is 11.3 Å². The number of fused-ring (bicyclic) bond motifs is 1. The number of ether oxygens (including phenoxy) is 1. The molecule has 2 aromatic heterocycles. The smallest absolute Gasteiger partial charge is 0.338 e. The second-order valence-corrected chi connectivity index (χ2v) is 7.60. The lowest BCUT2D eigenvalue weighted by Gasteiger charge is -2.10. The van der Waals surface area contributed by atoms with Crippen LogP contribution in [0.2, 0.25) is 0 Å². The molecule has 156 valence electrons. The zero-order chi connectivity index (χ0) is 21.8. The SMILES string of the molecule is Cc1ccc(C(=O)OCC(=O)Nc2nc3ccccc3s2)cc1NC(=O)c1ccco1. The van der Waals surface area contributed by atoms with E-state index in [0.717, 1.165) is 15.8 Å². The lowest BCUT2D eigenvalue weighted by Crippen LogP contribution is -2.21. The van der Waals surface area contributed by atoms with Gasteiger partial charge in [0.1, 0.15) is 0 Å². The number of nitrogens with zero attached hydrogens (tertiary/aromatic N) is 1. The van der Waals surface area contributed by atoms with Crippen LogP contribution in [0.1, 0.15) is 26.5 Å². The monoisotopic (exact) mass is 435 g/mol. The van der Waals surface area contributed by atoms with Crippen LogP contribution in [-0.2, 0) is 9.53 Å². The van der Waals surface area contributed by atoms with Gasteiger partial charge in [0.15, 0.2) is 17.5 Å². The first kappa shape index (κ1) is 20.3. The Morgan fingerprint density at radius 2 is 1.90 bits per heavy atom. The number of nitrogens with one attached hydrogen (secondary N) is 2. The van der Waals surface area contributed by atoms with Gasteiger partial charge in [-0.1, -0.05) is 29.5 Å². The molecule has 0 aliphatic heterocycles. The summed E-state index contributed by atoms with van der Waals surface area (Å²) in [7, 11) is 0. The molecule has 0 bridgehead atoms. The summed E-state index contributed by atoms with van der Waals surface area (Å²) in [6, 6.07) is 15.4. The molecule has 0 fully saturated rings. The van der Waals surface area contributed by atoms with Crippen molar-refractivity contribution in [3.63, 3.8) is 0 Å². The number of aryl methyl sites for hydroxylation is 1. The van der Waals surface area contributed by atoms with E-state index in [1.165, 1.54) is 29.7 Å². The highest BCUT2D eigenvalue weighted by atomic mass is 32.1. The van der Waals surface area contributed by atoms with E-state index in [-0.39, 0.29) is 11.3 Å². The average Bonchev–Trinajstić information content (AvgIpc) is 3.43. The summed E-state index contributed by atoms with van der Waals surface area (Å²) in [4.78, 5) is 41.0. The van der Waals surface area contributed by atoms with Crippen molar-refractivity contribution in [2.45, 2.75) is 6.92 Å². The number of thiazole rings is 1. The van der Waals surface area contributed by atoms with Crippen LogP contribution in [0.15, 0.2) is 65.3 Å². The van der Waals surface area contributed by atoms with Gasteiger partial charge in [-0.3, -0.25) is 14.9 Å². The number of esters is 1. The average molecular weight is 435 g/mol. The Balaban J connectivity index is 1.36. The molecule has 0 radical (unpaired) electrons. The molecule has 2 N–H and O–H groups in total. The van der Waals surface area contributed by atoms with Crippen molar-refractivity contribution in [3.8, 4) is 0 Å². The first-order chi connectivity index (χ1) is 15.0. The molecule has 0 aliphatic rings. The van der Waals surface area contributed by atoms with Crippen molar-refractivity contribution in [3.05, 3.63) is 77.7 Å². The molecule has 0 saturated heterocycles. The molecule has 31 heavy (non-hydrogen) atoms. The number of rotatable bonds is 6. The van der Waals surface area contributed by atoms with Crippen molar-refractivity contribution in [2.24, 2.45) is 0 Å². The van der Waals surface area contributed by atoms with Crippen molar-refractivity contribution in [2.75, 3.05) is 17.2 Å². The van der Waals surface area contributed by atoms with Crippen LogP contribution in [-0.4, -0.2) is 29.4 Å². The van der Waals surface area contributed by atoms with Crippen molar-refractivity contribution < 1.29 is 23.5 Å². The second kappa shape index (κ2) is 8.80. The van der Waals surface area contributed by atoms with Gasteiger partial charge in [-0.05, 0) is 48.9 Å². The number of hydrogen-bond donors (Lipinski definition) is 2. The number of carbonyl (C=O) groups is 3. The Bertz CT molecular complexity index is 1230. The minimum Gasteiger partial charge on any atom is -0.459 e. The molecule has 0 aliphatic carbocycles. The first-order valence-corrected chi connectivity index (χ1v) is 10.1. The number of anilines is 2. The molecular weight excluding hydrogens is 418 g/mol. The zero-order valence-electron chi connectivity index (χ0n) is 16.4. The number of carbonyl (C=O) groups excluding carboxylic acids is 3. The highest BCUT2D eigenvalue weighted by Gasteiger charge is 2.15. The highest BCUT2D eigenvalue weighted by Crippen LogP contribution is 2.25. The van der Waals surface area contributed by atoms with E-state index in [1.807, 2.05) is 24.3 Å². The summed E-state index contributed by atoms with van der Waals surface area (Å²) in [6.45, 7) is 1.33. The number of hydrogen-bond acceptors (Lipinski definition) is 7. The van der Waals surface area contributed by atoms with E-state index >= 15 is 0 Å². The van der Waals surface area contributed by atoms with E-state index in [2.05, 4.69) is 15.6 Å². The van der Waals surface area contributed by atoms with E-state index in [0.29, 0.717) is 10.8 Å². The van der Waals surface area contributed by atoms with E-state index < -0.39 is 24.4 Å². The Kier molecular flexibility index (Phi) is 5.76. The van der Waals surface area contributed by atoms with Gasteiger partial charge in [0.05, 0.1) is 22.0 Å². The van der Waals surface area contributed by atoms with Crippen LogP contribution in [0.3, 0.4) is 0 Å². The summed E-state index contributed by atoms with van der Waals surface area (Å²) in [5.41, 5.74) is 2.18. The Hall–Kier alpha value is -3.98.